The van der Waals surface area contributed by atoms with Gasteiger partial charge in [-0.05, 0) is 38.1 Å². The normalized spacial score (nSPS) is 13.4. The zero-order valence-electron chi connectivity index (χ0n) is 22.4. The molecule has 1 amide bonds. The Morgan fingerprint density at radius 3 is 2.25 bits per heavy atom. The minimum absolute atomic E-state index is 0.120. The van der Waals surface area contributed by atoms with Crippen LogP contribution < -0.4 is 30.6 Å². The maximum atomic E-state index is 12.1. The van der Waals surface area contributed by atoms with Crippen molar-refractivity contribution < 1.29 is 19.0 Å². The molecular weight excluding hydrogens is 555 g/mol. The van der Waals surface area contributed by atoms with Crippen LogP contribution in [0.4, 0.5) is 23.0 Å². The summed E-state index contributed by atoms with van der Waals surface area (Å²) in [5, 5.41) is 7.14. The number of carbonyl (C=O) groups excluding carboxylic acids is 1. The highest BCUT2D eigenvalue weighted by Crippen LogP contribution is 2.38. The van der Waals surface area contributed by atoms with Crippen LogP contribution in [0.3, 0.4) is 0 Å². The van der Waals surface area contributed by atoms with Crippen LogP contribution in [0.25, 0.3) is 5.57 Å². The highest BCUT2D eigenvalue weighted by atomic mass is 35.5. The van der Waals surface area contributed by atoms with Gasteiger partial charge < -0.3 is 30.6 Å². The van der Waals surface area contributed by atoms with Gasteiger partial charge in [-0.25, -0.2) is 9.97 Å². The van der Waals surface area contributed by atoms with Gasteiger partial charge in [-0.3, -0.25) is 9.69 Å². The number of benzene rings is 2. The van der Waals surface area contributed by atoms with Crippen molar-refractivity contribution >= 4 is 57.7 Å². The maximum absolute atomic E-state index is 12.1. The van der Waals surface area contributed by atoms with E-state index in [1.54, 1.807) is 37.4 Å². The molecule has 4 N–H and O–H groups in total. The molecule has 0 spiro atoms. The van der Waals surface area contributed by atoms with Crippen molar-refractivity contribution in [1.29, 1.82) is 0 Å². The molecule has 0 unspecified atom stereocenters. The summed E-state index contributed by atoms with van der Waals surface area (Å²) in [5.41, 5.74) is 7.24. The SMILES string of the molecule is C=C(C(N)=O)c1cc(Nc2cc(Nc3cc(OC)c(Cl)cc3Cl)ncn2)c(OC)cc1OCCN1CCCCC1. The van der Waals surface area contributed by atoms with E-state index < -0.39 is 5.91 Å². The van der Waals surface area contributed by atoms with E-state index in [0.29, 0.717) is 62.5 Å². The predicted molar refractivity (Wildman–Crippen MR) is 159 cm³/mol. The number of nitrogens with zero attached hydrogens (tertiary/aromatic N) is 3. The Balaban J connectivity index is 1.57. The number of nitrogens with two attached hydrogens (primary N) is 1. The molecule has 0 aliphatic carbocycles. The van der Waals surface area contributed by atoms with Crippen molar-refractivity contribution in [3.05, 3.63) is 58.8 Å². The van der Waals surface area contributed by atoms with Gasteiger partial charge in [-0.15, -0.1) is 0 Å². The van der Waals surface area contributed by atoms with Crippen molar-refractivity contribution in [1.82, 2.24) is 14.9 Å². The zero-order chi connectivity index (χ0) is 28.6. The van der Waals surface area contributed by atoms with Crippen LogP contribution >= 0.6 is 23.2 Å². The molecule has 2 aromatic carbocycles. The third-order valence-electron chi connectivity index (χ3n) is 6.47. The van der Waals surface area contributed by atoms with E-state index in [-0.39, 0.29) is 5.57 Å². The van der Waals surface area contributed by atoms with Crippen LogP contribution in [0.1, 0.15) is 24.8 Å². The van der Waals surface area contributed by atoms with Gasteiger partial charge in [-0.2, -0.15) is 0 Å². The Kier molecular flexibility index (Phi) is 9.92. The number of nitrogens with one attached hydrogen (secondary N) is 2. The number of piperidine rings is 1. The minimum atomic E-state index is -0.652. The number of hydrogen-bond acceptors (Lipinski definition) is 9. The fourth-order valence-corrected chi connectivity index (χ4v) is 4.84. The smallest absolute Gasteiger partial charge is 0.248 e. The van der Waals surface area contributed by atoms with E-state index in [1.807, 2.05) is 0 Å². The number of carbonyl (C=O) groups is 1. The van der Waals surface area contributed by atoms with Gasteiger partial charge in [-0.1, -0.05) is 36.2 Å². The molecule has 1 aliphatic heterocycles. The summed E-state index contributed by atoms with van der Waals surface area (Å²) in [7, 11) is 3.06. The van der Waals surface area contributed by atoms with Crippen molar-refractivity contribution in [3.8, 4) is 17.2 Å². The van der Waals surface area contributed by atoms with Crippen LogP contribution in [0.15, 0.2) is 43.2 Å². The van der Waals surface area contributed by atoms with Crippen LogP contribution in [-0.4, -0.2) is 61.2 Å². The first-order chi connectivity index (χ1) is 19.3. The van der Waals surface area contributed by atoms with Gasteiger partial charge in [0.15, 0.2) is 0 Å². The Morgan fingerprint density at radius 2 is 1.60 bits per heavy atom. The van der Waals surface area contributed by atoms with Gasteiger partial charge in [0.25, 0.3) is 0 Å². The summed E-state index contributed by atoms with van der Waals surface area (Å²) in [4.78, 5) is 23.0. The molecule has 1 aromatic heterocycles. The van der Waals surface area contributed by atoms with Gasteiger partial charge in [0.2, 0.25) is 5.91 Å². The fraction of sp³-hybridized carbons (Fsp3) is 0.321. The van der Waals surface area contributed by atoms with Crippen LogP contribution in [0.2, 0.25) is 10.0 Å². The second-order valence-corrected chi connectivity index (χ2v) is 9.96. The lowest BCUT2D eigenvalue weighted by Crippen LogP contribution is -2.33. The lowest BCUT2D eigenvalue weighted by Gasteiger charge is -2.26. The van der Waals surface area contributed by atoms with Gasteiger partial charge in [0, 0.05) is 35.9 Å². The second kappa shape index (κ2) is 13.6. The van der Waals surface area contributed by atoms with E-state index in [1.165, 1.54) is 32.7 Å². The molecule has 1 aliphatic rings. The van der Waals surface area contributed by atoms with Crippen molar-refractivity contribution in [2.45, 2.75) is 19.3 Å². The molecular formula is C28H32Cl2N6O4. The molecule has 10 nitrogen and oxygen atoms in total. The first kappa shape index (κ1) is 29.3. The largest absolute Gasteiger partial charge is 0.495 e. The van der Waals surface area contributed by atoms with E-state index in [4.69, 9.17) is 43.1 Å². The molecule has 1 fully saturated rings. The molecule has 40 heavy (non-hydrogen) atoms. The lowest BCUT2D eigenvalue weighted by molar-refractivity contribution is -0.112. The molecule has 1 saturated heterocycles. The summed E-state index contributed by atoms with van der Waals surface area (Å²) in [6.07, 6.45) is 5.04. The molecule has 12 heteroatoms. The van der Waals surface area contributed by atoms with Crippen molar-refractivity contribution in [2.24, 2.45) is 5.73 Å². The number of rotatable bonds is 12. The first-order valence-electron chi connectivity index (χ1n) is 12.7. The number of anilines is 4. The van der Waals surface area contributed by atoms with Crippen LogP contribution in [0, 0.1) is 0 Å². The third kappa shape index (κ3) is 7.26. The Bertz CT molecular complexity index is 1380. The second-order valence-electron chi connectivity index (χ2n) is 9.15. The number of ether oxygens (including phenoxy) is 3. The summed E-state index contributed by atoms with van der Waals surface area (Å²) >= 11 is 12.5. The monoisotopic (exact) mass is 586 g/mol. The van der Waals surface area contributed by atoms with Crippen molar-refractivity contribution in [2.75, 3.05) is 51.1 Å². The standard InChI is InChI=1S/C28H32Cl2N6O4/c1-17(28(31)37)18-11-22(25(39-3)14-23(18)40-10-9-36-7-5-4-6-8-36)35-27-15-26(32-16-33-27)34-21-13-24(38-2)20(30)12-19(21)29/h11-16H,1,4-10H2,2-3H3,(H2,31,37)(H2,32,33,34,35). The number of amides is 1. The zero-order valence-corrected chi connectivity index (χ0v) is 23.9. The number of primary amides is 1. The maximum Gasteiger partial charge on any atom is 0.248 e. The molecule has 4 rings (SSSR count). The molecule has 3 aromatic rings. The van der Waals surface area contributed by atoms with Crippen molar-refractivity contribution in [3.63, 3.8) is 0 Å². The third-order valence-corrected chi connectivity index (χ3v) is 7.08. The summed E-state index contributed by atoms with van der Waals surface area (Å²) in [6, 6.07) is 8.36. The molecule has 2 heterocycles. The van der Waals surface area contributed by atoms with E-state index in [0.717, 1.165) is 19.6 Å². The Hall–Kier alpha value is -3.73. The lowest BCUT2D eigenvalue weighted by atomic mass is 10.0. The summed E-state index contributed by atoms with van der Waals surface area (Å²) < 4.78 is 17.0. The highest BCUT2D eigenvalue weighted by Gasteiger charge is 2.19. The van der Waals surface area contributed by atoms with Gasteiger partial charge in [0.05, 0.1) is 35.6 Å². The average Bonchev–Trinajstić information content (AvgIpc) is 2.95. The van der Waals surface area contributed by atoms with E-state index >= 15 is 0 Å². The van der Waals surface area contributed by atoms with Crippen LogP contribution in [-0.2, 0) is 4.79 Å². The average molecular weight is 588 g/mol. The fourth-order valence-electron chi connectivity index (χ4n) is 4.33. The quantitative estimate of drug-likeness (QED) is 0.231. The topological polar surface area (TPSA) is 124 Å². The number of hydrogen-bond donors (Lipinski definition) is 3. The minimum Gasteiger partial charge on any atom is -0.495 e. The number of methoxy groups -OCH3 is 2. The van der Waals surface area contributed by atoms with E-state index in [9.17, 15) is 4.79 Å². The summed E-state index contributed by atoms with van der Waals surface area (Å²) in [6.45, 7) is 7.23. The molecule has 0 radical (unpaired) electrons. The first-order valence-corrected chi connectivity index (χ1v) is 13.5. The van der Waals surface area contributed by atoms with Gasteiger partial charge in [0.1, 0.15) is 41.8 Å². The number of likely N-dealkylation sites (tertiary alicyclic amines) is 1. The van der Waals surface area contributed by atoms with Gasteiger partial charge >= 0.3 is 0 Å². The number of halogens is 2. The van der Waals surface area contributed by atoms with Crippen LogP contribution in [0.5, 0.6) is 17.2 Å². The Morgan fingerprint density at radius 1 is 0.925 bits per heavy atom. The summed E-state index contributed by atoms with van der Waals surface area (Å²) in [5.74, 6) is 1.66. The van der Waals surface area contributed by atoms with E-state index in [2.05, 4.69) is 32.1 Å². The molecule has 0 saturated carbocycles. The number of aromatic nitrogens is 2. The molecule has 212 valence electrons. The molecule has 0 bridgehead atoms. The Labute approximate surface area is 243 Å². The predicted octanol–water partition coefficient (Wildman–Crippen LogP) is 5.65. The molecule has 0 atom stereocenters. The highest BCUT2D eigenvalue weighted by molar-refractivity contribution is 6.37.